The maximum absolute atomic E-state index is 12.6. The quantitative estimate of drug-likeness (QED) is 0.388. The molecule has 0 radical (unpaired) electrons. The number of likely N-dealkylation sites (tertiary alicyclic amines) is 1. The number of piperidine rings is 1. The van der Waals surface area contributed by atoms with Crippen molar-refractivity contribution >= 4 is 11.9 Å². The van der Waals surface area contributed by atoms with Crippen LogP contribution in [0.5, 0.6) is 0 Å². The molecule has 1 fully saturated rings. The summed E-state index contributed by atoms with van der Waals surface area (Å²) in [7, 11) is 1.81. The van der Waals surface area contributed by atoms with E-state index in [1.54, 1.807) is 0 Å². The molecule has 2 heterocycles. The summed E-state index contributed by atoms with van der Waals surface area (Å²) in [6.45, 7) is 7.64. The molecule has 1 saturated heterocycles. The molecule has 0 saturated carbocycles. The Morgan fingerprint density at radius 1 is 1.03 bits per heavy atom. The van der Waals surface area contributed by atoms with Gasteiger partial charge in [-0.05, 0) is 48.4 Å². The van der Waals surface area contributed by atoms with E-state index in [0.717, 1.165) is 64.5 Å². The second-order valence-corrected chi connectivity index (χ2v) is 9.24. The van der Waals surface area contributed by atoms with Crippen LogP contribution in [0.1, 0.15) is 47.9 Å². The van der Waals surface area contributed by atoms with E-state index in [2.05, 4.69) is 63.8 Å². The number of nitrogens with zero attached hydrogens (tertiary/aromatic N) is 3. The lowest BCUT2D eigenvalue weighted by atomic mass is 10.0. The van der Waals surface area contributed by atoms with Gasteiger partial charge in [-0.1, -0.05) is 48.5 Å². The largest absolute Gasteiger partial charge is 0.356 e. The number of amides is 1. The number of carbonyl (C=O) groups excluding carboxylic acids is 1. The van der Waals surface area contributed by atoms with Crippen molar-refractivity contribution in [3.8, 4) is 0 Å². The molecule has 0 unspecified atom stereocenters. The number of fused-ring (bicyclic) bond motifs is 1. The van der Waals surface area contributed by atoms with Crippen molar-refractivity contribution in [2.24, 2.45) is 4.99 Å². The number of hydrogen-bond acceptors (Lipinski definition) is 3. The van der Waals surface area contributed by atoms with Crippen LogP contribution in [0.4, 0.5) is 0 Å². The normalized spacial score (nSPS) is 17.2. The fourth-order valence-electron chi connectivity index (χ4n) is 4.77. The zero-order valence-corrected chi connectivity index (χ0v) is 20.0. The first-order valence-corrected chi connectivity index (χ1v) is 12.2. The summed E-state index contributed by atoms with van der Waals surface area (Å²) in [6.07, 6.45) is 3.59. The van der Waals surface area contributed by atoms with Gasteiger partial charge in [-0.15, -0.1) is 0 Å². The van der Waals surface area contributed by atoms with Gasteiger partial charge in [-0.3, -0.25) is 14.7 Å². The van der Waals surface area contributed by atoms with Crippen LogP contribution in [0.25, 0.3) is 0 Å². The molecule has 0 spiro atoms. The third-order valence-corrected chi connectivity index (χ3v) is 6.86. The Labute approximate surface area is 198 Å². The van der Waals surface area contributed by atoms with Gasteiger partial charge in [0.2, 0.25) is 5.91 Å². The molecule has 0 aromatic heterocycles. The molecule has 2 aliphatic heterocycles. The minimum Gasteiger partial charge on any atom is -0.356 e. The van der Waals surface area contributed by atoms with Gasteiger partial charge in [0.15, 0.2) is 5.96 Å². The Kier molecular flexibility index (Phi) is 8.00. The molecule has 4 rings (SSSR count). The minimum atomic E-state index is 0.233. The molecule has 6 heteroatoms. The molecule has 2 N–H and O–H groups in total. The third-order valence-electron chi connectivity index (χ3n) is 6.86. The van der Waals surface area contributed by atoms with Gasteiger partial charge in [-0.2, -0.15) is 0 Å². The van der Waals surface area contributed by atoms with E-state index in [1.165, 1.54) is 22.3 Å². The average molecular weight is 448 g/mol. The molecule has 2 aromatic rings. The molecule has 176 valence electrons. The van der Waals surface area contributed by atoms with Gasteiger partial charge >= 0.3 is 0 Å². The molecular formula is C27H37N5O. The SMILES string of the molecule is CN=C(NCCCC(=O)N1Cc2ccccc2C1)NC1CCN(Cc2ccccc2C)CC1. The van der Waals surface area contributed by atoms with Crippen LogP contribution >= 0.6 is 0 Å². The van der Waals surface area contributed by atoms with Crippen molar-refractivity contribution in [3.05, 3.63) is 70.8 Å². The summed E-state index contributed by atoms with van der Waals surface area (Å²) in [6, 6.07) is 17.4. The molecule has 0 aliphatic carbocycles. The van der Waals surface area contributed by atoms with E-state index in [-0.39, 0.29) is 5.91 Å². The predicted molar refractivity (Wildman–Crippen MR) is 134 cm³/mol. The number of aliphatic imine (C=N–C) groups is 1. The van der Waals surface area contributed by atoms with Gasteiger partial charge in [0.1, 0.15) is 0 Å². The highest BCUT2D eigenvalue weighted by atomic mass is 16.2. The highest BCUT2D eigenvalue weighted by Gasteiger charge is 2.23. The van der Waals surface area contributed by atoms with E-state index in [4.69, 9.17) is 0 Å². The first kappa shape index (κ1) is 23.3. The van der Waals surface area contributed by atoms with Crippen LogP contribution in [-0.2, 0) is 24.4 Å². The topological polar surface area (TPSA) is 60.0 Å². The number of aryl methyl sites for hydroxylation is 1. The summed E-state index contributed by atoms with van der Waals surface area (Å²) in [4.78, 5) is 21.5. The Bertz CT molecular complexity index is 939. The lowest BCUT2D eigenvalue weighted by Gasteiger charge is -2.33. The Hall–Kier alpha value is -2.86. The van der Waals surface area contributed by atoms with Gasteiger partial charge in [0.05, 0.1) is 0 Å². The summed E-state index contributed by atoms with van der Waals surface area (Å²) in [5.74, 6) is 1.07. The van der Waals surface area contributed by atoms with E-state index >= 15 is 0 Å². The molecule has 2 aliphatic rings. The maximum atomic E-state index is 12.6. The fourth-order valence-corrected chi connectivity index (χ4v) is 4.77. The standard InChI is InChI=1S/C27H37N5O/c1-21-8-3-4-9-22(21)18-31-16-13-25(14-17-31)30-27(28-2)29-15-7-12-26(33)32-19-23-10-5-6-11-24(23)20-32/h3-6,8-11,25H,7,12-20H2,1-2H3,(H2,28,29,30). The predicted octanol–water partition coefficient (Wildman–Crippen LogP) is 3.45. The van der Waals surface area contributed by atoms with Crippen molar-refractivity contribution in [2.75, 3.05) is 26.7 Å². The molecule has 2 aromatic carbocycles. The molecule has 6 nitrogen and oxygen atoms in total. The Morgan fingerprint density at radius 2 is 1.70 bits per heavy atom. The molecule has 33 heavy (non-hydrogen) atoms. The second-order valence-electron chi connectivity index (χ2n) is 9.24. The molecule has 1 amide bonds. The van der Waals surface area contributed by atoms with Crippen molar-refractivity contribution in [1.29, 1.82) is 0 Å². The van der Waals surface area contributed by atoms with Crippen molar-refractivity contribution in [2.45, 2.75) is 58.3 Å². The van der Waals surface area contributed by atoms with Crippen LogP contribution in [-0.4, -0.2) is 54.4 Å². The van der Waals surface area contributed by atoms with Crippen LogP contribution in [0.3, 0.4) is 0 Å². The summed E-state index contributed by atoms with van der Waals surface area (Å²) in [5.41, 5.74) is 5.35. The first-order chi connectivity index (χ1) is 16.1. The molecular weight excluding hydrogens is 410 g/mol. The molecule has 0 atom stereocenters. The number of benzene rings is 2. The number of guanidine groups is 1. The smallest absolute Gasteiger partial charge is 0.223 e. The monoisotopic (exact) mass is 447 g/mol. The minimum absolute atomic E-state index is 0.233. The van der Waals surface area contributed by atoms with Gasteiger partial charge in [0.25, 0.3) is 0 Å². The highest BCUT2D eigenvalue weighted by Crippen LogP contribution is 2.23. The van der Waals surface area contributed by atoms with E-state index < -0.39 is 0 Å². The Balaban J connectivity index is 1.12. The van der Waals surface area contributed by atoms with Crippen LogP contribution in [0.15, 0.2) is 53.5 Å². The van der Waals surface area contributed by atoms with Crippen LogP contribution < -0.4 is 10.6 Å². The van der Waals surface area contributed by atoms with E-state index in [9.17, 15) is 4.79 Å². The first-order valence-electron chi connectivity index (χ1n) is 12.2. The van der Waals surface area contributed by atoms with Crippen molar-refractivity contribution in [3.63, 3.8) is 0 Å². The number of carbonyl (C=O) groups is 1. The van der Waals surface area contributed by atoms with Gasteiger partial charge in [-0.25, -0.2) is 0 Å². The number of hydrogen-bond donors (Lipinski definition) is 2. The van der Waals surface area contributed by atoms with Gasteiger partial charge < -0.3 is 15.5 Å². The molecule has 0 bridgehead atoms. The number of nitrogens with one attached hydrogen (secondary N) is 2. The third kappa shape index (κ3) is 6.35. The fraction of sp³-hybridized carbons (Fsp3) is 0.481. The maximum Gasteiger partial charge on any atom is 0.223 e. The van der Waals surface area contributed by atoms with Crippen molar-refractivity contribution < 1.29 is 4.79 Å². The van der Waals surface area contributed by atoms with Crippen LogP contribution in [0.2, 0.25) is 0 Å². The zero-order chi connectivity index (χ0) is 23.0. The Morgan fingerprint density at radius 3 is 2.36 bits per heavy atom. The number of rotatable bonds is 7. The van der Waals surface area contributed by atoms with Crippen molar-refractivity contribution in [1.82, 2.24) is 20.4 Å². The van der Waals surface area contributed by atoms with E-state index in [0.29, 0.717) is 12.5 Å². The summed E-state index contributed by atoms with van der Waals surface area (Å²) < 4.78 is 0. The van der Waals surface area contributed by atoms with Gasteiger partial charge in [0, 0.05) is 58.8 Å². The summed E-state index contributed by atoms with van der Waals surface area (Å²) in [5, 5.41) is 6.97. The average Bonchev–Trinajstić information content (AvgIpc) is 3.28. The van der Waals surface area contributed by atoms with E-state index in [1.807, 2.05) is 24.1 Å². The second kappa shape index (κ2) is 11.3. The highest BCUT2D eigenvalue weighted by molar-refractivity contribution is 5.80. The lowest BCUT2D eigenvalue weighted by Crippen LogP contribution is -2.48. The van der Waals surface area contributed by atoms with Crippen LogP contribution in [0, 0.1) is 6.92 Å². The zero-order valence-electron chi connectivity index (χ0n) is 20.0. The summed E-state index contributed by atoms with van der Waals surface area (Å²) >= 11 is 0. The lowest BCUT2D eigenvalue weighted by molar-refractivity contribution is -0.131.